The zero-order valence-corrected chi connectivity index (χ0v) is 15.3. The Hall–Kier alpha value is -1.60. The zero-order valence-electron chi connectivity index (χ0n) is 13.8. The topological polar surface area (TPSA) is 64.5 Å². The van der Waals surface area contributed by atoms with Gasteiger partial charge in [-0.2, -0.15) is 0 Å². The average molecular weight is 382 g/mol. The first-order valence-electron chi connectivity index (χ1n) is 8.24. The summed E-state index contributed by atoms with van der Waals surface area (Å²) in [6, 6.07) is 7.71. The normalized spacial score (nSPS) is 15.4. The first-order chi connectivity index (χ1) is 12.2. The highest BCUT2D eigenvalue weighted by molar-refractivity contribution is 6.42. The van der Waals surface area contributed by atoms with Crippen molar-refractivity contribution >= 4 is 34.8 Å². The molecule has 0 unspecified atom stereocenters. The summed E-state index contributed by atoms with van der Waals surface area (Å²) in [7, 11) is 0. The number of hydrogen-bond acceptors (Lipinski definition) is 6. The molecule has 2 N–H and O–H groups in total. The van der Waals surface area contributed by atoms with Gasteiger partial charge in [0.05, 0.1) is 16.7 Å². The van der Waals surface area contributed by atoms with E-state index in [1.54, 1.807) is 6.33 Å². The van der Waals surface area contributed by atoms with E-state index in [-0.39, 0.29) is 6.61 Å². The van der Waals surface area contributed by atoms with Gasteiger partial charge >= 0.3 is 0 Å². The van der Waals surface area contributed by atoms with Crippen LogP contribution in [0, 0.1) is 0 Å². The van der Waals surface area contributed by atoms with E-state index in [1.165, 1.54) is 5.56 Å². The van der Waals surface area contributed by atoms with Crippen molar-refractivity contribution in [3.63, 3.8) is 0 Å². The number of anilines is 2. The molecule has 1 fully saturated rings. The molecule has 2 aromatic rings. The molecule has 0 saturated carbocycles. The van der Waals surface area contributed by atoms with E-state index in [4.69, 9.17) is 28.3 Å². The fraction of sp³-hybridized carbons (Fsp3) is 0.412. The molecule has 1 aliphatic rings. The van der Waals surface area contributed by atoms with Gasteiger partial charge in [-0.15, -0.1) is 0 Å². The number of halogens is 2. The second kappa shape index (κ2) is 8.67. The minimum Gasteiger partial charge on any atom is -0.395 e. The summed E-state index contributed by atoms with van der Waals surface area (Å²) in [6.45, 7) is 5.11. The number of hydrogen-bond donors (Lipinski definition) is 2. The second-order valence-corrected chi connectivity index (χ2v) is 6.74. The first-order valence-corrected chi connectivity index (χ1v) is 8.99. The molecule has 1 saturated heterocycles. The van der Waals surface area contributed by atoms with E-state index < -0.39 is 0 Å². The van der Waals surface area contributed by atoms with Crippen molar-refractivity contribution in [1.29, 1.82) is 0 Å². The summed E-state index contributed by atoms with van der Waals surface area (Å²) in [5.74, 6) is 1.64. The molecule has 134 valence electrons. The summed E-state index contributed by atoms with van der Waals surface area (Å²) in [5.41, 5.74) is 1.17. The molecule has 25 heavy (non-hydrogen) atoms. The molecule has 0 spiro atoms. The third-order valence-corrected chi connectivity index (χ3v) is 4.90. The third-order valence-electron chi connectivity index (χ3n) is 4.16. The Morgan fingerprint density at radius 1 is 1.04 bits per heavy atom. The van der Waals surface area contributed by atoms with Crippen molar-refractivity contribution in [2.24, 2.45) is 0 Å². The van der Waals surface area contributed by atoms with Crippen LogP contribution in [0.4, 0.5) is 11.6 Å². The minimum atomic E-state index is 0.0761. The number of aliphatic hydroxyl groups excluding tert-OH is 1. The quantitative estimate of drug-likeness (QED) is 0.801. The van der Waals surface area contributed by atoms with Crippen molar-refractivity contribution in [2.45, 2.75) is 6.54 Å². The van der Waals surface area contributed by atoms with Crippen molar-refractivity contribution in [1.82, 2.24) is 14.9 Å². The third kappa shape index (κ3) is 4.95. The lowest BCUT2D eigenvalue weighted by molar-refractivity contribution is 0.249. The highest BCUT2D eigenvalue weighted by Crippen LogP contribution is 2.24. The van der Waals surface area contributed by atoms with Crippen LogP contribution in [0.15, 0.2) is 30.6 Å². The van der Waals surface area contributed by atoms with Crippen molar-refractivity contribution in [3.8, 4) is 0 Å². The molecular weight excluding hydrogens is 361 g/mol. The molecule has 6 nitrogen and oxygen atoms in total. The summed E-state index contributed by atoms with van der Waals surface area (Å²) < 4.78 is 0. The smallest absolute Gasteiger partial charge is 0.134 e. The van der Waals surface area contributed by atoms with Crippen molar-refractivity contribution in [2.75, 3.05) is 49.5 Å². The van der Waals surface area contributed by atoms with Crippen LogP contribution in [0.2, 0.25) is 10.0 Å². The summed E-state index contributed by atoms with van der Waals surface area (Å²) in [4.78, 5) is 13.2. The van der Waals surface area contributed by atoms with Gasteiger partial charge in [-0.3, -0.25) is 4.90 Å². The highest BCUT2D eigenvalue weighted by Gasteiger charge is 2.18. The van der Waals surface area contributed by atoms with Gasteiger partial charge in [0.1, 0.15) is 18.0 Å². The van der Waals surface area contributed by atoms with Crippen LogP contribution in [0.1, 0.15) is 5.56 Å². The molecule has 1 aliphatic heterocycles. The first kappa shape index (κ1) is 18.2. The molecule has 8 heteroatoms. The predicted molar refractivity (Wildman–Crippen MR) is 102 cm³/mol. The van der Waals surface area contributed by atoms with E-state index in [2.05, 4.69) is 25.1 Å². The van der Waals surface area contributed by atoms with Gasteiger partial charge in [-0.05, 0) is 17.7 Å². The van der Waals surface area contributed by atoms with Gasteiger partial charge < -0.3 is 15.3 Å². The lowest BCUT2D eigenvalue weighted by atomic mass is 10.2. The van der Waals surface area contributed by atoms with Crippen LogP contribution in [0.5, 0.6) is 0 Å². The average Bonchev–Trinajstić information content (AvgIpc) is 2.64. The Kier molecular flexibility index (Phi) is 6.31. The maximum absolute atomic E-state index is 8.89. The lowest BCUT2D eigenvalue weighted by Crippen LogP contribution is -2.46. The molecule has 0 bridgehead atoms. The molecule has 0 amide bonds. The molecule has 1 aromatic heterocycles. The maximum atomic E-state index is 8.89. The fourth-order valence-corrected chi connectivity index (χ4v) is 3.15. The molecule has 0 atom stereocenters. The highest BCUT2D eigenvalue weighted by atomic mass is 35.5. The monoisotopic (exact) mass is 381 g/mol. The Bertz CT molecular complexity index is 707. The van der Waals surface area contributed by atoms with Crippen LogP contribution in [0.3, 0.4) is 0 Å². The Labute approximate surface area is 157 Å². The Morgan fingerprint density at radius 2 is 1.84 bits per heavy atom. The van der Waals surface area contributed by atoms with Crippen LogP contribution in [-0.2, 0) is 6.54 Å². The van der Waals surface area contributed by atoms with E-state index in [0.717, 1.165) is 44.4 Å². The van der Waals surface area contributed by atoms with Crippen molar-refractivity contribution < 1.29 is 5.11 Å². The van der Waals surface area contributed by atoms with Crippen LogP contribution in [0.25, 0.3) is 0 Å². The van der Waals surface area contributed by atoms with E-state index in [0.29, 0.717) is 16.6 Å². The zero-order chi connectivity index (χ0) is 17.6. The SMILES string of the molecule is OCCNc1cc(N2CCN(Cc3ccc(Cl)c(Cl)c3)CC2)ncn1. The number of nitrogens with one attached hydrogen (secondary N) is 1. The molecule has 0 radical (unpaired) electrons. The summed E-state index contributed by atoms with van der Waals surface area (Å²) in [6.07, 6.45) is 1.55. The Morgan fingerprint density at radius 3 is 2.56 bits per heavy atom. The minimum absolute atomic E-state index is 0.0761. The summed E-state index contributed by atoms with van der Waals surface area (Å²) in [5, 5.41) is 13.1. The van der Waals surface area contributed by atoms with Crippen LogP contribution in [-0.4, -0.2) is 59.3 Å². The van der Waals surface area contributed by atoms with Gasteiger partial charge in [0.15, 0.2) is 0 Å². The number of aliphatic hydroxyl groups is 1. The van der Waals surface area contributed by atoms with Crippen LogP contribution < -0.4 is 10.2 Å². The molecule has 2 heterocycles. The number of rotatable bonds is 6. The number of aromatic nitrogens is 2. The van der Waals surface area contributed by atoms with Crippen LogP contribution >= 0.6 is 23.2 Å². The Balaban J connectivity index is 1.55. The van der Waals surface area contributed by atoms with Gasteiger partial charge in [0, 0.05) is 45.3 Å². The lowest BCUT2D eigenvalue weighted by Gasteiger charge is -2.35. The maximum Gasteiger partial charge on any atom is 0.134 e. The fourth-order valence-electron chi connectivity index (χ4n) is 2.83. The molecule has 3 rings (SSSR count). The number of benzene rings is 1. The number of nitrogens with zero attached hydrogens (tertiary/aromatic N) is 4. The van der Waals surface area contributed by atoms with E-state index >= 15 is 0 Å². The van der Waals surface area contributed by atoms with Crippen molar-refractivity contribution in [3.05, 3.63) is 46.2 Å². The predicted octanol–water partition coefficient (Wildman–Crippen LogP) is 2.51. The van der Waals surface area contributed by atoms with E-state index in [1.807, 2.05) is 24.3 Å². The standard InChI is InChI=1S/C17H21Cl2N5O/c18-14-2-1-13(9-15(14)19)11-23-4-6-24(7-5-23)17-10-16(20-3-8-25)21-12-22-17/h1-2,9-10,12,25H,3-8,11H2,(H,20,21,22). The van der Waals surface area contributed by atoms with E-state index in [9.17, 15) is 0 Å². The summed E-state index contributed by atoms with van der Waals surface area (Å²) >= 11 is 12.1. The van der Waals surface area contributed by atoms with Gasteiger partial charge in [0.25, 0.3) is 0 Å². The number of piperazine rings is 1. The van der Waals surface area contributed by atoms with Gasteiger partial charge in [-0.1, -0.05) is 29.3 Å². The molecule has 0 aliphatic carbocycles. The van der Waals surface area contributed by atoms with Gasteiger partial charge in [0.2, 0.25) is 0 Å². The second-order valence-electron chi connectivity index (χ2n) is 5.92. The molecule has 1 aromatic carbocycles. The largest absolute Gasteiger partial charge is 0.395 e. The van der Waals surface area contributed by atoms with Gasteiger partial charge in [-0.25, -0.2) is 9.97 Å². The molecular formula is C17H21Cl2N5O.